The van der Waals surface area contributed by atoms with E-state index < -0.39 is 23.4 Å². The van der Waals surface area contributed by atoms with Crippen LogP contribution >= 0.6 is 11.3 Å². The van der Waals surface area contributed by atoms with E-state index in [-0.39, 0.29) is 10.6 Å². The third-order valence-corrected chi connectivity index (χ3v) is 4.72. The lowest BCUT2D eigenvalue weighted by molar-refractivity contribution is -0.384. The second kappa shape index (κ2) is 7.83. The lowest BCUT2D eigenvalue weighted by Gasteiger charge is -2.06. The molecule has 3 rings (SSSR count). The largest absolute Gasteiger partial charge is 0.497 e. The number of non-ortho nitro benzene ring substituents is 1. The summed E-state index contributed by atoms with van der Waals surface area (Å²) in [6, 6.07) is 12.6. The highest BCUT2D eigenvalue weighted by atomic mass is 32.1. The molecule has 0 saturated carbocycles. The van der Waals surface area contributed by atoms with Crippen LogP contribution in [0.3, 0.4) is 0 Å². The molecule has 0 aliphatic heterocycles. The molecule has 1 aromatic heterocycles. The molecule has 0 unspecified atom stereocenters. The molecule has 8 nitrogen and oxygen atoms in total. The van der Waals surface area contributed by atoms with Gasteiger partial charge in [-0.3, -0.25) is 14.9 Å². The van der Waals surface area contributed by atoms with E-state index in [0.29, 0.717) is 16.8 Å². The number of nitrogens with one attached hydrogen (secondary N) is 1. The topological polar surface area (TPSA) is 108 Å². The summed E-state index contributed by atoms with van der Waals surface area (Å²) >= 11 is 1.14. The van der Waals surface area contributed by atoms with E-state index in [1.165, 1.54) is 18.2 Å². The summed E-state index contributed by atoms with van der Waals surface area (Å²) in [5.74, 6) is -0.488. The van der Waals surface area contributed by atoms with Crippen molar-refractivity contribution in [3.05, 3.63) is 63.5 Å². The lowest BCUT2D eigenvalue weighted by atomic mass is 10.2. The Kier molecular flexibility index (Phi) is 5.32. The van der Waals surface area contributed by atoms with Crippen molar-refractivity contribution in [2.45, 2.75) is 0 Å². The molecule has 27 heavy (non-hydrogen) atoms. The number of nitro groups is 1. The van der Waals surface area contributed by atoms with Crippen molar-refractivity contribution in [3.8, 4) is 5.75 Å². The standard InChI is InChI=1S/C18H14N2O6S/c1-25-14-5-2-12(3-6-14)19-17(21)10-26-18(22)16-9-11-8-13(20(23)24)4-7-15(11)27-16/h2-9H,10H2,1H3,(H,19,21). The molecule has 0 fully saturated rings. The number of benzene rings is 2. The fourth-order valence-corrected chi connectivity index (χ4v) is 3.26. The molecule has 0 aliphatic rings. The Bertz CT molecular complexity index is 1010. The first-order chi connectivity index (χ1) is 13.0. The van der Waals surface area contributed by atoms with Gasteiger partial charge in [0.2, 0.25) is 0 Å². The molecule has 9 heteroatoms. The van der Waals surface area contributed by atoms with Crippen molar-refractivity contribution in [1.29, 1.82) is 0 Å². The minimum absolute atomic E-state index is 0.0564. The van der Waals surface area contributed by atoms with E-state index in [0.717, 1.165) is 16.0 Å². The van der Waals surface area contributed by atoms with Crippen molar-refractivity contribution >= 4 is 44.7 Å². The number of fused-ring (bicyclic) bond motifs is 1. The van der Waals surface area contributed by atoms with E-state index in [4.69, 9.17) is 9.47 Å². The van der Waals surface area contributed by atoms with E-state index in [1.807, 2.05) is 0 Å². The zero-order valence-electron chi connectivity index (χ0n) is 14.1. The number of ether oxygens (including phenoxy) is 2. The van der Waals surface area contributed by atoms with Crippen LogP contribution in [0.4, 0.5) is 11.4 Å². The van der Waals surface area contributed by atoms with E-state index in [9.17, 15) is 19.7 Å². The summed E-state index contributed by atoms with van der Waals surface area (Å²) < 4.78 is 10.8. The summed E-state index contributed by atoms with van der Waals surface area (Å²) in [4.78, 5) is 34.6. The van der Waals surface area contributed by atoms with E-state index in [2.05, 4.69) is 5.32 Å². The van der Waals surface area contributed by atoms with Crippen LogP contribution in [-0.2, 0) is 9.53 Å². The quantitative estimate of drug-likeness (QED) is 0.394. The zero-order chi connectivity index (χ0) is 19.4. The molecular formula is C18H14N2O6S. The van der Waals surface area contributed by atoms with Crippen molar-refractivity contribution in [1.82, 2.24) is 0 Å². The molecule has 1 heterocycles. The Labute approximate surface area is 157 Å². The molecule has 0 aliphatic carbocycles. The van der Waals surface area contributed by atoms with Crippen LogP contribution in [-0.4, -0.2) is 30.5 Å². The highest BCUT2D eigenvalue weighted by Crippen LogP contribution is 2.29. The van der Waals surface area contributed by atoms with Crippen LogP contribution in [0, 0.1) is 10.1 Å². The van der Waals surface area contributed by atoms with Crippen molar-refractivity contribution in [3.63, 3.8) is 0 Å². The predicted octanol–water partition coefficient (Wildman–Crippen LogP) is 3.61. The second-order valence-electron chi connectivity index (χ2n) is 5.44. The van der Waals surface area contributed by atoms with E-state index >= 15 is 0 Å². The van der Waals surface area contributed by atoms with Crippen LogP contribution in [0.1, 0.15) is 9.67 Å². The summed E-state index contributed by atoms with van der Waals surface area (Å²) in [7, 11) is 1.54. The van der Waals surface area contributed by atoms with Gasteiger partial charge < -0.3 is 14.8 Å². The number of carbonyl (C=O) groups is 2. The number of nitro benzene ring substituents is 1. The normalized spacial score (nSPS) is 10.4. The van der Waals surface area contributed by atoms with Gasteiger partial charge >= 0.3 is 5.97 Å². The Balaban J connectivity index is 1.60. The number of amides is 1. The highest BCUT2D eigenvalue weighted by molar-refractivity contribution is 7.20. The smallest absolute Gasteiger partial charge is 0.348 e. The number of esters is 1. The molecular weight excluding hydrogens is 372 g/mol. The van der Waals surface area contributed by atoms with Gasteiger partial charge in [-0.2, -0.15) is 0 Å². The van der Waals surface area contributed by atoms with Crippen molar-refractivity contribution < 1.29 is 24.0 Å². The maximum atomic E-state index is 12.1. The molecule has 0 atom stereocenters. The van der Waals surface area contributed by atoms with Gasteiger partial charge in [-0.25, -0.2) is 4.79 Å². The lowest BCUT2D eigenvalue weighted by Crippen LogP contribution is -2.20. The minimum Gasteiger partial charge on any atom is -0.497 e. The van der Waals surface area contributed by atoms with Gasteiger partial charge in [0, 0.05) is 27.9 Å². The van der Waals surface area contributed by atoms with Crippen molar-refractivity contribution in [2.75, 3.05) is 19.0 Å². The summed E-state index contributed by atoms with van der Waals surface area (Å²) in [5.41, 5.74) is 0.491. The van der Waals surface area contributed by atoms with Gasteiger partial charge in [-0.05, 0) is 36.4 Å². The number of nitrogens with zero attached hydrogens (tertiary/aromatic N) is 1. The number of rotatable bonds is 6. The highest BCUT2D eigenvalue weighted by Gasteiger charge is 2.15. The summed E-state index contributed by atoms with van der Waals surface area (Å²) in [6.07, 6.45) is 0. The average molecular weight is 386 g/mol. The fourth-order valence-electron chi connectivity index (χ4n) is 2.32. The number of hydrogen-bond acceptors (Lipinski definition) is 7. The van der Waals surface area contributed by atoms with Crippen LogP contribution in [0.5, 0.6) is 5.75 Å². The Morgan fingerprint density at radius 3 is 2.56 bits per heavy atom. The minimum atomic E-state index is -0.663. The molecule has 0 bridgehead atoms. The van der Waals surface area contributed by atoms with Gasteiger partial charge in [0.25, 0.3) is 11.6 Å². The molecule has 1 amide bonds. The van der Waals surface area contributed by atoms with Gasteiger partial charge in [0.15, 0.2) is 6.61 Å². The second-order valence-corrected chi connectivity index (χ2v) is 6.53. The SMILES string of the molecule is COc1ccc(NC(=O)COC(=O)c2cc3cc([N+](=O)[O-])ccc3s2)cc1. The Morgan fingerprint density at radius 1 is 1.15 bits per heavy atom. The summed E-state index contributed by atoms with van der Waals surface area (Å²) in [6.45, 7) is -0.445. The maximum Gasteiger partial charge on any atom is 0.348 e. The van der Waals surface area contributed by atoms with Crippen molar-refractivity contribution in [2.24, 2.45) is 0 Å². The first-order valence-electron chi connectivity index (χ1n) is 7.75. The monoisotopic (exact) mass is 386 g/mol. The van der Waals surface area contributed by atoms with Crippen LogP contribution in [0.2, 0.25) is 0 Å². The molecule has 3 aromatic rings. The Morgan fingerprint density at radius 2 is 1.89 bits per heavy atom. The number of hydrogen-bond donors (Lipinski definition) is 1. The van der Waals surface area contributed by atoms with E-state index in [1.54, 1.807) is 37.4 Å². The van der Waals surface area contributed by atoms with Gasteiger partial charge in [0.05, 0.1) is 12.0 Å². The number of carbonyl (C=O) groups excluding carboxylic acids is 2. The van der Waals surface area contributed by atoms with Crippen LogP contribution < -0.4 is 10.1 Å². The molecule has 2 aromatic carbocycles. The molecule has 1 N–H and O–H groups in total. The molecule has 0 radical (unpaired) electrons. The van der Waals surface area contributed by atoms with Gasteiger partial charge in [-0.1, -0.05) is 0 Å². The summed E-state index contributed by atoms with van der Waals surface area (Å²) in [5, 5.41) is 14.0. The zero-order valence-corrected chi connectivity index (χ0v) is 14.9. The number of methoxy groups -OCH3 is 1. The van der Waals surface area contributed by atoms with Crippen LogP contribution in [0.25, 0.3) is 10.1 Å². The average Bonchev–Trinajstić information content (AvgIpc) is 3.10. The molecule has 138 valence electrons. The van der Waals surface area contributed by atoms with Gasteiger partial charge in [0.1, 0.15) is 10.6 Å². The Hall–Kier alpha value is -3.46. The first-order valence-corrected chi connectivity index (χ1v) is 8.57. The number of thiophene rings is 1. The first kappa shape index (κ1) is 18.3. The maximum absolute atomic E-state index is 12.1. The van der Waals surface area contributed by atoms with Crippen LogP contribution in [0.15, 0.2) is 48.5 Å². The number of anilines is 1. The molecule has 0 spiro atoms. The molecule has 0 saturated heterocycles. The predicted molar refractivity (Wildman–Crippen MR) is 100 cm³/mol. The third-order valence-electron chi connectivity index (χ3n) is 3.62. The van der Waals surface area contributed by atoms with Gasteiger partial charge in [-0.15, -0.1) is 11.3 Å². The third kappa shape index (κ3) is 4.39. The fraction of sp³-hybridized carbons (Fsp3) is 0.111.